The molecule has 3 aliphatic heterocycles. The van der Waals surface area contributed by atoms with Gasteiger partial charge >= 0.3 is 23.9 Å². The van der Waals surface area contributed by atoms with Gasteiger partial charge in [-0.3, -0.25) is 9.69 Å². The van der Waals surface area contributed by atoms with Crippen molar-refractivity contribution in [2.24, 2.45) is 0 Å². The number of rotatable bonds is 5. The number of hydrogen-bond acceptors (Lipinski definition) is 12. The van der Waals surface area contributed by atoms with Crippen LogP contribution in [0.1, 0.15) is 29.8 Å². The lowest BCUT2D eigenvalue weighted by molar-refractivity contribution is -0.138. The summed E-state index contributed by atoms with van der Waals surface area (Å²) in [7, 11) is 4.60. The highest BCUT2D eigenvalue weighted by atomic mass is 32.2. The number of halogens is 1. The molecule has 0 fully saturated rings. The number of fused-ring (bicyclic) bond motifs is 3. The maximum absolute atomic E-state index is 14.2. The van der Waals surface area contributed by atoms with E-state index in [0.717, 1.165) is 63.7 Å². The van der Waals surface area contributed by atoms with Gasteiger partial charge in [0.05, 0.1) is 45.2 Å². The number of thioether (sulfide) groups is 3. The second-order valence-corrected chi connectivity index (χ2v) is 13.9. The Morgan fingerprint density at radius 1 is 0.711 bits per heavy atom. The smallest absolute Gasteiger partial charge is 0.345 e. The van der Waals surface area contributed by atoms with Gasteiger partial charge in [0.15, 0.2) is 0 Å². The molecule has 2 aromatic rings. The molecule has 0 aliphatic carbocycles. The molecule has 0 aromatic heterocycles. The van der Waals surface area contributed by atoms with Gasteiger partial charge in [-0.25, -0.2) is 23.6 Å². The van der Waals surface area contributed by atoms with Gasteiger partial charge in [0, 0.05) is 21.6 Å². The van der Waals surface area contributed by atoms with E-state index in [0.29, 0.717) is 21.7 Å². The summed E-state index contributed by atoms with van der Waals surface area (Å²) in [4.78, 5) is 69.0. The summed E-state index contributed by atoms with van der Waals surface area (Å²) in [5, 5.41) is 0. The van der Waals surface area contributed by atoms with Crippen molar-refractivity contribution in [1.29, 1.82) is 0 Å². The molecule has 1 amide bonds. The second kappa shape index (κ2) is 12.1. The zero-order valence-corrected chi connectivity index (χ0v) is 27.3. The lowest BCUT2D eigenvalue weighted by atomic mass is 9.83. The topological polar surface area (TPSA) is 126 Å². The van der Waals surface area contributed by atoms with Gasteiger partial charge in [-0.05, 0) is 44.2 Å². The molecular weight excluding hydrogens is 646 g/mol. The van der Waals surface area contributed by atoms with Crippen LogP contribution in [0.25, 0.3) is 5.57 Å². The molecule has 10 nitrogen and oxygen atoms in total. The molecule has 45 heavy (non-hydrogen) atoms. The first kappa shape index (κ1) is 32.4. The molecular formula is C31H26FNO9S3. The van der Waals surface area contributed by atoms with E-state index in [9.17, 15) is 28.4 Å². The van der Waals surface area contributed by atoms with Crippen molar-refractivity contribution in [3.63, 3.8) is 0 Å². The predicted molar refractivity (Wildman–Crippen MR) is 168 cm³/mol. The number of carbonyl (C=O) groups excluding carboxylic acids is 5. The van der Waals surface area contributed by atoms with E-state index in [4.69, 9.17) is 18.9 Å². The van der Waals surface area contributed by atoms with Crippen LogP contribution < -0.4 is 4.90 Å². The van der Waals surface area contributed by atoms with Crippen LogP contribution in [0.4, 0.5) is 10.1 Å². The molecule has 3 heterocycles. The van der Waals surface area contributed by atoms with Gasteiger partial charge in [-0.1, -0.05) is 53.5 Å². The zero-order valence-electron chi connectivity index (χ0n) is 24.8. The molecule has 3 aliphatic rings. The van der Waals surface area contributed by atoms with E-state index >= 15 is 0 Å². The third-order valence-corrected chi connectivity index (χ3v) is 12.0. The molecule has 0 radical (unpaired) electrons. The molecule has 14 heteroatoms. The summed E-state index contributed by atoms with van der Waals surface area (Å²) >= 11 is 2.62. The van der Waals surface area contributed by atoms with Gasteiger partial charge < -0.3 is 18.9 Å². The highest BCUT2D eigenvalue weighted by molar-refractivity contribution is 8.26. The fraction of sp³-hybridized carbons (Fsp3) is 0.258. The first-order chi connectivity index (χ1) is 21.4. The highest BCUT2D eigenvalue weighted by Crippen LogP contribution is 2.71. The number of hydrogen-bond donors (Lipinski definition) is 0. The first-order valence-corrected chi connectivity index (χ1v) is 15.7. The number of ether oxygens (including phenoxy) is 4. The van der Waals surface area contributed by atoms with E-state index in [1.165, 1.54) is 29.2 Å². The Balaban J connectivity index is 1.86. The Morgan fingerprint density at radius 3 is 1.76 bits per heavy atom. The normalized spacial score (nSPS) is 17.9. The average Bonchev–Trinajstić information content (AvgIpc) is 3.43. The van der Waals surface area contributed by atoms with Crippen LogP contribution in [-0.2, 0) is 38.1 Å². The van der Waals surface area contributed by atoms with Gasteiger partial charge in [0.2, 0.25) is 0 Å². The molecule has 0 saturated heterocycles. The van der Waals surface area contributed by atoms with Crippen LogP contribution in [-0.4, -0.2) is 67.8 Å². The predicted octanol–water partition coefficient (Wildman–Crippen LogP) is 5.06. The molecule has 1 spiro atoms. The minimum atomic E-state index is -1.68. The third kappa shape index (κ3) is 5.04. The number of amides is 1. The standard InChI is InChI=1S/C31H26FNO9S3/c1-30(2)24-19(17-9-7-8-10-18(17)33(30)25(34)15-11-13-16(32)14-12-15)31(20(26(35)39-3)21(43-24)27(36)40-4)44-22(28(37)41-5)23(45-31)29(38)42-6/h7-14H,1-6H3. The lowest BCUT2D eigenvalue weighted by Crippen LogP contribution is -2.53. The van der Waals surface area contributed by atoms with E-state index in [1.54, 1.807) is 38.1 Å². The monoisotopic (exact) mass is 671 g/mol. The van der Waals surface area contributed by atoms with Crippen LogP contribution in [0.3, 0.4) is 0 Å². The number of anilines is 1. The summed E-state index contributed by atoms with van der Waals surface area (Å²) in [6.07, 6.45) is 0. The summed E-state index contributed by atoms with van der Waals surface area (Å²) < 4.78 is 32.4. The quantitative estimate of drug-likeness (QED) is 0.312. The number of methoxy groups -OCH3 is 4. The van der Waals surface area contributed by atoms with E-state index < -0.39 is 45.2 Å². The van der Waals surface area contributed by atoms with Crippen LogP contribution in [0.5, 0.6) is 0 Å². The van der Waals surface area contributed by atoms with Crippen molar-refractivity contribution in [3.8, 4) is 0 Å². The van der Waals surface area contributed by atoms with Gasteiger partial charge in [-0.15, -0.1) is 0 Å². The average molecular weight is 672 g/mol. The van der Waals surface area contributed by atoms with E-state index in [1.807, 2.05) is 0 Å². The van der Waals surface area contributed by atoms with Crippen molar-refractivity contribution in [1.82, 2.24) is 0 Å². The fourth-order valence-corrected chi connectivity index (χ4v) is 10.4. The molecule has 0 unspecified atom stereocenters. The zero-order chi connectivity index (χ0) is 32.8. The molecule has 5 rings (SSSR count). The molecule has 0 atom stereocenters. The van der Waals surface area contributed by atoms with Crippen molar-refractivity contribution < 1.29 is 47.3 Å². The molecule has 0 N–H and O–H groups in total. The Morgan fingerprint density at radius 2 is 1.22 bits per heavy atom. The fourth-order valence-electron chi connectivity index (χ4n) is 5.35. The van der Waals surface area contributed by atoms with E-state index in [-0.39, 0.29) is 25.9 Å². The molecule has 0 bridgehead atoms. The minimum absolute atomic E-state index is 0.140. The Hall–Kier alpha value is -4.01. The van der Waals surface area contributed by atoms with Crippen molar-refractivity contribution in [3.05, 3.63) is 90.7 Å². The number of nitrogens with zero attached hydrogens (tertiary/aromatic N) is 1. The summed E-state index contributed by atoms with van der Waals surface area (Å²) in [6.45, 7) is 3.52. The molecule has 2 aromatic carbocycles. The van der Waals surface area contributed by atoms with E-state index in [2.05, 4.69) is 0 Å². The summed E-state index contributed by atoms with van der Waals surface area (Å²) in [6, 6.07) is 12.1. The Bertz CT molecular complexity index is 1730. The Labute approximate surface area is 270 Å². The van der Waals surface area contributed by atoms with Gasteiger partial charge in [0.25, 0.3) is 5.91 Å². The number of carbonyl (C=O) groups is 5. The second-order valence-electron chi connectivity index (χ2n) is 10.2. The largest absolute Gasteiger partial charge is 0.466 e. The third-order valence-electron chi connectivity index (χ3n) is 7.34. The van der Waals surface area contributed by atoms with Crippen LogP contribution in [0.2, 0.25) is 0 Å². The van der Waals surface area contributed by atoms with Crippen molar-refractivity contribution >= 4 is 76.3 Å². The van der Waals surface area contributed by atoms with Crippen LogP contribution in [0.15, 0.2) is 73.7 Å². The molecule has 234 valence electrons. The summed E-state index contributed by atoms with van der Waals surface area (Å²) in [5.41, 5.74) is 0.211. The van der Waals surface area contributed by atoms with Crippen molar-refractivity contribution in [2.75, 3.05) is 33.3 Å². The molecule has 0 saturated carbocycles. The number of benzene rings is 2. The lowest BCUT2D eigenvalue weighted by Gasteiger charge is -2.50. The van der Waals surface area contributed by atoms with Gasteiger partial charge in [0.1, 0.15) is 24.6 Å². The van der Waals surface area contributed by atoms with Crippen LogP contribution in [0, 0.1) is 5.82 Å². The van der Waals surface area contributed by atoms with Crippen molar-refractivity contribution in [2.45, 2.75) is 23.5 Å². The Kier molecular flexibility index (Phi) is 8.68. The number of esters is 4. The summed E-state index contributed by atoms with van der Waals surface area (Å²) in [5.74, 6) is -4.44. The number of para-hydroxylation sites is 1. The maximum Gasteiger partial charge on any atom is 0.345 e. The minimum Gasteiger partial charge on any atom is -0.466 e. The van der Waals surface area contributed by atoms with Crippen LogP contribution >= 0.6 is 35.3 Å². The van der Waals surface area contributed by atoms with Gasteiger partial charge in [-0.2, -0.15) is 0 Å². The maximum atomic E-state index is 14.2. The SMILES string of the molecule is COC(=O)C1=C(C(=O)OC)SC2(S1)C(C(=O)OC)=C(C(=O)OC)SC1=C2c2ccccc2N(C(=O)c2ccc(F)cc2)C1(C)C. The first-order valence-electron chi connectivity index (χ1n) is 13.2. The highest BCUT2D eigenvalue weighted by Gasteiger charge is 2.61.